The van der Waals surface area contributed by atoms with Crippen LogP contribution < -0.4 is 10.1 Å². The van der Waals surface area contributed by atoms with Gasteiger partial charge >= 0.3 is 0 Å². The van der Waals surface area contributed by atoms with E-state index in [-0.39, 0.29) is 17.3 Å². The minimum Gasteiger partial charge on any atom is -0.479 e. The van der Waals surface area contributed by atoms with Crippen molar-refractivity contribution in [2.45, 2.75) is 49.8 Å². The van der Waals surface area contributed by atoms with Gasteiger partial charge in [0.2, 0.25) is 10.0 Å². The maximum absolute atomic E-state index is 13.1. The average molecular weight is 389 g/mol. The monoisotopic (exact) mass is 389 g/mol. The van der Waals surface area contributed by atoms with Gasteiger partial charge in [-0.2, -0.15) is 4.31 Å². The number of sulfonamides is 1. The molecule has 1 N–H and O–H groups in total. The van der Waals surface area contributed by atoms with Gasteiger partial charge in [0.25, 0.3) is 5.91 Å². The Bertz CT molecular complexity index is 1040. The number of ether oxygens (including phenoxy) is 1. The lowest BCUT2D eigenvalue weighted by molar-refractivity contribution is -0.122. The summed E-state index contributed by atoms with van der Waals surface area (Å²) in [5, 5.41) is 11.1. The van der Waals surface area contributed by atoms with Gasteiger partial charge < -0.3 is 14.6 Å². The molecule has 1 fully saturated rings. The van der Waals surface area contributed by atoms with E-state index in [0.717, 1.165) is 18.7 Å². The van der Waals surface area contributed by atoms with Gasteiger partial charge in [0, 0.05) is 19.0 Å². The molecule has 1 aromatic carbocycles. The third-order valence-electron chi connectivity index (χ3n) is 5.21. The summed E-state index contributed by atoms with van der Waals surface area (Å²) in [4.78, 5) is 11.9. The van der Waals surface area contributed by atoms with E-state index in [9.17, 15) is 13.2 Å². The molecule has 0 saturated heterocycles. The molecule has 0 bridgehead atoms. The second-order valence-corrected chi connectivity index (χ2v) is 9.08. The fourth-order valence-electron chi connectivity index (χ4n) is 3.50. The van der Waals surface area contributed by atoms with Crippen molar-refractivity contribution in [2.75, 3.05) is 11.9 Å². The van der Waals surface area contributed by atoms with E-state index >= 15 is 0 Å². The van der Waals surface area contributed by atoms with Gasteiger partial charge in [-0.25, -0.2) is 8.42 Å². The number of carbonyl (C=O) groups excluding carboxylic acids is 1. The fourth-order valence-corrected chi connectivity index (χ4v) is 4.92. The highest BCUT2D eigenvalue weighted by atomic mass is 32.2. The summed E-state index contributed by atoms with van der Waals surface area (Å²) in [6.45, 7) is 2.75. The van der Waals surface area contributed by atoms with E-state index in [2.05, 4.69) is 15.5 Å². The lowest BCUT2D eigenvalue weighted by Crippen LogP contribution is -2.39. The quantitative estimate of drug-likeness (QED) is 0.842. The minimum absolute atomic E-state index is 0.120. The molecule has 0 unspecified atom stereocenters. The molecule has 10 heteroatoms. The molecule has 1 saturated carbocycles. The second-order valence-electron chi connectivity index (χ2n) is 7.15. The van der Waals surface area contributed by atoms with Gasteiger partial charge in [-0.1, -0.05) is 0 Å². The van der Waals surface area contributed by atoms with Crippen LogP contribution in [0.5, 0.6) is 5.75 Å². The summed E-state index contributed by atoms with van der Waals surface area (Å²) in [6.07, 6.45) is 1.65. The second kappa shape index (κ2) is 5.77. The highest BCUT2D eigenvalue weighted by molar-refractivity contribution is 7.89. The van der Waals surface area contributed by atoms with Crippen molar-refractivity contribution in [1.29, 1.82) is 0 Å². The largest absolute Gasteiger partial charge is 0.479 e. The van der Waals surface area contributed by atoms with Crippen LogP contribution in [0.15, 0.2) is 23.1 Å². The van der Waals surface area contributed by atoms with Gasteiger partial charge in [-0.3, -0.25) is 4.79 Å². The number of benzene rings is 1. The van der Waals surface area contributed by atoms with Crippen molar-refractivity contribution >= 4 is 21.6 Å². The molecular formula is C17H19N5O4S. The summed E-state index contributed by atoms with van der Waals surface area (Å²) in [5.74, 6) is 2.30. The Morgan fingerprint density at radius 3 is 2.81 bits per heavy atom. The summed E-state index contributed by atoms with van der Waals surface area (Å²) in [5.41, 5.74) is 0.371. The van der Waals surface area contributed by atoms with E-state index < -0.39 is 16.1 Å². The average Bonchev–Trinajstić information content (AvgIpc) is 3.41. The molecule has 3 heterocycles. The SMILES string of the molecule is C[C@H]1Oc2ccc(S(=O)(=O)N3CCn4c(nnc4C4CC4)C3)cc2NC1=O. The normalized spacial score (nSPS) is 22.6. The number of amides is 1. The molecule has 27 heavy (non-hydrogen) atoms. The molecule has 0 radical (unpaired) electrons. The molecule has 0 spiro atoms. The standard InChI is InChI=1S/C17H19N5O4S/c1-10-17(23)18-13-8-12(4-5-14(13)26-10)27(24,25)21-6-7-22-15(9-21)19-20-16(22)11-2-3-11/h4-5,8,10-11H,2-3,6-7,9H2,1H3,(H,18,23)/t10-/m1/s1. The van der Waals surface area contributed by atoms with E-state index in [1.54, 1.807) is 13.0 Å². The van der Waals surface area contributed by atoms with Crippen LogP contribution in [0.3, 0.4) is 0 Å². The number of carbonyl (C=O) groups is 1. The molecule has 5 rings (SSSR count). The predicted molar refractivity (Wildman–Crippen MR) is 94.8 cm³/mol. The highest BCUT2D eigenvalue weighted by Crippen LogP contribution is 2.40. The number of rotatable bonds is 3. The van der Waals surface area contributed by atoms with Crippen molar-refractivity contribution in [3.05, 3.63) is 29.8 Å². The number of anilines is 1. The molecule has 1 atom stereocenters. The highest BCUT2D eigenvalue weighted by Gasteiger charge is 2.35. The summed E-state index contributed by atoms with van der Waals surface area (Å²) in [6, 6.07) is 4.53. The number of nitrogens with one attached hydrogen (secondary N) is 1. The Kier molecular flexibility index (Phi) is 3.57. The van der Waals surface area contributed by atoms with Crippen molar-refractivity contribution in [3.8, 4) is 5.75 Å². The van der Waals surface area contributed by atoms with Crippen LogP contribution in [0.2, 0.25) is 0 Å². The smallest absolute Gasteiger partial charge is 0.265 e. The molecular weight excluding hydrogens is 370 g/mol. The van der Waals surface area contributed by atoms with Crippen LogP contribution in [0.25, 0.3) is 0 Å². The Balaban J connectivity index is 1.43. The first kappa shape index (κ1) is 16.7. The number of hydrogen-bond acceptors (Lipinski definition) is 6. The molecule has 9 nitrogen and oxygen atoms in total. The maximum Gasteiger partial charge on any atom is 0.265 e. The van der Waals surface area contributed by atoms with Gasteiger partial charge in [0.1, 0.15) is 17.4 Å². The van der Waals surface area contributed by atoms with Crippen molar-refractivity contribution < 1.29 is 17.9 Å². The molecule has 3 aliphatic rings. The molecule has 2 aromatic rings. The van der Waals surface area contributed by atoms with E-state index in [1.807, 2.05) is 4.57 Å². The lowest BCUT2D eigenvalue weighted by atomic mass is 10.2. The van der Waals surface area contributed by atoms with Crippen LogP contribution >= 0.6 is 0 Å². The summed E-state index contributed by atoms with van der Waals surface area (Å²) < 4.78 is 35.1. The van der Waals surface area contributed by atoms with Gasteiger partial charge in [0.15, 0.2) is 6.10 Å². The predicted octanol–water partition coefficient (Wildman–Crippen LogP) is 1.08. The molecule has 1 aromatic heterocycles. The van der Waals surface area contributed by atoms with Crippen LogP contribution in [-0.4, -0.2) is 46.0 Å². The van der Waals surface area contributed by atoms with Gasteiger partial charge in [0.05, 0.1) is 17.1 Å². The van der Waals surface area contributed by atoms with E-state index in [1.165, 1.54) is 16.4 Å². The first-order valence-electron chi connectivity index (χ1n) is 8.97. The van der Waals surface area contributed by atoms with Crippen LogP contribution in [-0.2, 0) is 27.9 Å². The van der Waals surface area contributed by atoms with Gasteiger partial charge in [-0.15, -0.1) is 10.2 Å². The molecule has 1 aliphatic carbocycles. The van der Waals surface area contributed by atoms with Crippen molar-refractivity contribution in [3.63, 3.8) is 0 Å². The van der Waals surface area contributed by atoms with Crippen LogP contribution in [0, 0.1) is 0 Å². The third kappa shape index (κ3) is 2.71. The lowest BCUT2D eigenvalue weighted by Gasteiger charge is -2.28. The molecule has 142 valence electrons. The van der Waals surface area contributed by atoms with Crippen molar-refractivity contribution in [2.24, 2.45) is 0 Å². The van der Waals surface area contributed by atoms with E-state index in [4.69, 9.17) is 4.74 Å². The fraction of sp³-hybridized carbons (Fsp3) is 0.471. The number of aromatic nitrogens is 3. The Morgan fingerprint density at radius 2 is 2.04 bits per heavy atom. The van der Waals surface area contributed by atoms with Crippen LogP contribution in [0.1, 0.15) is 37.3 Å². The third-order valence-corrected chi connectivity index (χ3v) is 7.05. The Morgan fingerprint density at radius 1 is 1.22 bits per heavy atom. The van der Waals surface area contributed by atoms with Gasteiger partial charge in [-0.05, 0) is 38.0 Å². The topological polar surface area (TPSA) is 106 Å². The first-order valence-corrected chi connectivity index (χ1v) is 10.4. The summed E-state index contributed by atoms with van der Waals surface area (Å²) >= 11 is 0. The van der Waals surface area contributed by atoms with Crippen LogP contribution in [0.4, 0.5) is 5.69 Å². The zero-order chi connectivity index (χ0) is 18.8. The number of fused-ring (bicyclic) bond motifs is 2. The zero-order valence-electron chi connectivity index (χ0n) is 14.8. The zero-order valence-corrected chi connectivity index (χ0v) is 15.6. The summed E-state index contributed by atoms with van der Waals surface area (Å²) in [7, 11) is -3.72. The first-order chi connectivity index (χ1) is 12.9. The molecule has 1 amide bonds. The van der Waals surface area contributed by atoms with E-state index in [0.29, 0.717) is 36.3 Å². The Hall–Kier alpha value is -2.46. The molecule has 2 aliphatic heterocycles. The number of nitrogens with zero attached hydrogens (tertiary/aromatic N) is 4. The Labute approximate surface area is 156 Å². The van der Waals surface area contributed by atoms with Crippen molar-refractivity contribution in [1.82, 2.24) is 19.1 Å². The maximum atomic E-state index is 13.1. The number of hydrogen-bond donors (Lipinski definition) is 1. The minimum atomic E-state index is -3.72.